The molecule has 0 bridgehead atoms. The van der Waals surface area contributed by atoms with Crippen LogP contribution in [0.3, 0.4) is 0 Å². The number of rotatable bonds is 5. The summed E-state index contributed by atoms with van der Waals surface area (Å²) in [5.41, 5.74) is 7.00. The topological polar surface area (TPSA) is 54.9 Å². The third-order valence-electron chi connectivity index (χ3n) is 6.08. The largest absolute Gasteiger partial charge is 0.298 e. The number of aromatic nitrogens is 2. The van der Waals surface area contributed by atoms with Gasteiger partial charge in [-0.3, -0.25) is 10.1 Å². The van der Waals surface area contributed by atoms with Crippen molar-refractivity contribution in [2.45, 2.75) is 26.7 Å². The molecule has 0 radical (unpaired) electrons. The van der Waals surface area contributed by atoms with Crippen LogP contribution < -0.4 is 5.32 Å². The Bertz CT molecular complexity index is 1520. The summed E-state index contributed by atoms with van der Waals surface area (Å²) in [7, 11) is 0. The van der Waals surface area contributed by atoms with Crippen LogP contribution in [0.15, 0.2) is 78.2 Å². The number of benzene rings is 3. The number of fused-ring (bicyclic) bond motifs is 1. The van der Waals surface area contributed by atoms with Crippen LogP contribution in [0.4, 0.5) is 5.13 Å². The lowest BCUT2D eigenvalue weighted by molar-refractivity contribution is 0.102. The summed E-state index contributed by atoms with van der Waals surface area (Å²) in [4.78, 5) is 23.1. The number of hydrogen-bond acceptors (Lipinski definition) is 4. The fourth-order valence-electron chi connectivity index (χ4n) is 4.15. The Kier molecular flexibility index (Phi) is 6.37. The van der Waals surface area contributed by atoms with Crippen molar-refractivity contribution in [3.63, 3.8) is 0 Å². The molecule has 6 heteroatoms. The first-order valence-electron chi connectivity index (χ1n) is 11.4. The Hall–Kier alpha value is -3.54. The number of para-hydroxylation sites is 1. The van der Waals surface area contributed by atoms with E-state index in [0.717, 1.165) is 39.0 Å². The van der Waals surface area contributed by atoms with Gasteiger partial charge in [-0.15, -0.1) is 11.3 Å². The molecule has 174 valence electrons. The molecule has 0 atom stereocenters. The Labute approximate surface area is 213 Å². The standard InChI is InChI=1S/C29H24ClN3OS/c1-17(2)19-8-10-20(11-9-19)25-16-35-29(32-25)33-28(34)26-18(3)27(21-12-14-22(30)15-13-21)31-24-7-5-4-6-23(24)26/h4-17H,1-3H3,(H,32,33,34). The van der Waals surface area contributed by atoms with Crippen LogP contribution in [0.5, 0.6) is 0 Å². The molecule has 1 amide bonds. The normalized spacial score (nSPS) is 11.2. The molecular weight excluding hydrogens is 474 g/mol. The molecule has 2 heterocycles. The monoisotopic (exact) mass is 497 g/mol. The van der Waals surface area contributed by atoms with Gasteiger partial charge in [0.25, 0.3) is 5.91 Å². The number of halogens is 1. The molecule has 0 unspecified atom stereocenters. The summed E-state index contributed by atoms with van der Waals surface area (Å²) in [5, 5.41) is 7.01. The van der Waals surface area contributed by atoms with Gasteiger partial charge in [-0.25, -0.2) is 9.97 Å². The van der Waals surface area contributed by atoms with Crippen LogP contribution in [-0.2, 0) is 0 Å². The van der Waals surface area contributed by atoms with Gasteiger partial charge in [0, 0.05) is 26.9 Å². The van der Waals surface area contributed by atoms with E-state index in [9.17, 15) is 4.79 Å². The van der Waals surface area contributed by atoms with Crippen molar-refractivity contribution < 1.29 is 4.79 Å². The van der Waals surface area contributed by atoms with Crippen molar-refractivity contribution in [3.05, 3.63) is 99.9 Å². The molecule has 4 nitrogen and oxygen atoms in total. The van der Waals surface area contributed by atoms with Crippen LogP contribution in [0.2, 0.25) is 5.02 Å². The molecule has 3 aromatic carbocycles. The van der Waals surface area contributed by atoms with Gasteiger partial charge in [0.05, 0.1) is 22.5 Å². The number of thiazole rings is 1. The summed E-state index contributed by atoms with van der Waals surface area (Å²) in [5.74, 6) is 0.276. The minimum atomic E-state index is -0.202. The number of hydrogen-bond donors (Lipinski definition) is 1. The number of pyridine rings is 1. The molecule has 0 aliphatic carbocycles. The molecule has 5 aromatic rings. The van der Waals surface area contributed by atoms with Crippen LogP contribution in [-0.4, -0.2) is 15.9 Å². The van der Waals surface area contributed by atoms with Gasteiger partial charge in [-0.2, -0.15) is 0 Å². The molecule has 2 aromatic heterocycles. The van der Waals surface area contributed by atoms with E-state index in [1.807, 2.05) is 60.8 Å². The maximum atomic E-state index is 13.6. The van der Waals surface area contributed by atoms with Crippen molar-refractivity contribution in [3.8, 4) is 22.5 Å². The summed E-state index contributed by atoms with van der Waals surface area (Å²) in [6.07, 6.45) is 0. The first kappa shape index (κ1) is 23.2. The molecule has 0 spiro atoms. The van der Waals surface area contributed by atoms with Crippen molar-refractivity contribution in [2.24, 2.45) is 0 Å². The van der Waals surface area contributed by atoms with Gasteiger partial charge in [0.15, 0.2) is 5.13 Å². The third kappa shape index (κ3) is 4.70. The number of carbonyl (C=O) groups excluding carboxylic acids is 1. The Balaban J connectivity index is 1.49. The molecule has 0 saturated carbocycles. The Morgan fingerprint density at radius 3 is 2.31 bits per heavy atom. The molecule has 0 aliphatic heterocycles. The average molecular weight is 498 g/mol. The smallest absolute Gasteiger partial charge is 0.258 e. The second-order valence-corrected chi connectivity index (χ2v) is 10.0. The van der Waals surface area contributed by atoms with Gasteiger partial charge in [-0.1, -0.05) is 80.0 Å². The highest BCUT2D eigenvalue weighted by Gasteiger charge is 2.20. The molecule has 5 rings (SSSR count). The highest BCUT2D eigenvalue weighted by atomic mass is 35.5. The summed E-state index contributed by atoms with van der Waals surface area (Å²) < 4.78 is 0. The molecule has 1 N–H and O–H groups in total. The van der Waals surface area contributed by atoms with E-state index in [0.29, 0.717) is 21.6 Å². The Morgan fingerprint density at radius 1 is 0.914 bits per heavy atom. The zero-order valence-corrected chi connectivity index (χ0v) is 21.2. The lowest BCUT2D eigenvalue weighted by atomic mass is 9.97. The summed E-state index contributed by atoms with van der Waals surface area (Å²) in [6.45, 7) is 6.28. The second-order valence-electron chi connectivity index (χ2n) is 8.75. The van der Waals surface area contributed by atoms with Crippen molar-refractivity contribution in [1.82, 2.24) is 9.97 Å². The zero-order chi connectivity index (χ0) is 24.5. The fraction of sp³-hybridized carbons (Fsp3) is 0.138. The number of nitrogens with zero attached hydrogens (tertiary/aromatic N) is 2. The maximum absolute atomic E-state index is 13.6. The van der Waals surface area contributed by atoms with Crippen LogP contribution in [0.25, 0.3) is 33.4 Å². The van der Waals surface area contributed by atoms with Crippen molar-refractivity contribution in [2.75, 3.05) is 5.32 Å². The highest BCUT2D eigenvalue weighted by Crippen LogP contribution is 2.32. The van der Waals surface area contributed by atoms with E-state index in [4.69, 9.17) is 16.6 Å². The minimum absolute atomic E-state index is 0.202. The Morgan fingerprint density at radius 2 is 1.60 bits per heavy atom. The average Bonchev–Trinajstić information content (AvgIpc) is 3.32. The van der Waals surface area contributed by atoms with Gasteiger partial charge in [0.2, 0.25) is 0 Å². The van der Waals surface area contributed by atoms with E-state index in [-0.39, 0.29) is 5.91 Å². The lowest BCUT2D eigenvalue weighted by Gasteiger charge is -2.14. The molecule has 35 heavy (non-hydrogen) atoms. The van der Waals surface area contributed by atoms with E-state index in [1.165, 1.54) is 16.9 Å². The van der Waals surface area contributed by atoms with Gasteiger partial charge >= 0.3 is 0 Å². The van der Waals surface area contributed by atoms with E-state index >= 15 is 0 Å². The molecular formula is C29H24ClN3OS. The van der Waals surface area contributed by atoms with Crippen molar-refractivity contribution in [1.29, 1.82) is 0 Å². The fourth-order valence-corrected chi connectivity index (χ4v) is 4.99. The zero-order valence-electron chi connectivity index (χ0n) is 19.7. The van der Waals surface area contributed by atoms with Gasteiger partial charge < -0.3 is 0 Å². The molecule has 0 aliphatic rings. The van der Waals surface area contributed by atoms with Gasteiger partial charge in [-0.05, 0) is 42.2 Å². The summed E-state index contributed by atoms with van der Waals surface area (Å²) >= 11 is 7.50. The number of nitrogens with one attached hydrogen (secondary N) is 1. The number of carbonyl (C=O) groups is 1. The number of amides is 1. The van der Waals surface area contributed by atoms with Crippen LogP contribution in [0, 0.1) is 6.92 Å². The number of anilines is 1. The van der Waals surface area contributed by atoms with Crippen LogP contribution in [0.1, 0.15) is 41.3 Å². The molecule has 0 saturated heterocycles. The van der Waals surface area contributed by atoms with E-state index in [2.05, 4.69) is 48.4 Å². The van der Waals surface area contributed by atoms with Crippen LogP contribution >= 0.6 is 22.9 Å². The summed E-state index contributed by atoms with van der Waals surface area (Å²) in [6, 6.07) is 23.6. The second kappa shape index (κ2) is 9.61. The van der Waals surface area contributed by atoms with Gasteiger partial charge in [0.1, 0.15) is 0 Å². The predicted molar refractivity (Wildman–Crippen MR) is 147 cm³/mol. The SMILES string of the molecule is Cc1c(-c2ccc(Cl)cc2)nc2ccccc2c1C(=O)Nc1nc(-c2ccc(C(C)C)cc2)cs1. The first-order valence-corrected chi connectivity index (χ1v) is 12.7. The van der Waals surface area contributed by atoms with E-state index in [1.54, 1.807) is 0 Å². The maximum Gasteiger partial charge on any atom is 0.258 e. The van der Waals surface area contributed by atoms with Crippen molar-refractivity contribution >= 4 is 44.9 Å². The minimum Gasteiger partial charge on any atom is -0.298 e. The lowest BCUT2D eigenvalue weighted by Crippen LogP contribution is -2.15. The highest BCUT2D eigenvalue weighted by molar-refractivity contribution is 7.14. The predicted octanol–water partition coefficient (Wildman–Crippen LogP) is 8.36. The quantitative estimate of drug-likeness (QED) is 0.265. The molecule has 0 fully saturated rings. The first-order chi connectivity index (χ1) is 16.9. The third-order valence-corrected chi connectivity index (χ3v) is 7.09. The van der Waals surface area contributed by atoms with E-state index < -0.39 is 0 Å².